The van der Waals surface area contributed by atoms with Crippen LogP contribution in [0.4, 0.5) is 10.7 Å². The molecule has 0 radical (unpaired) electrons. The van der Waals surface area contributed by atoms with Gasteiger partial charge in [-0.25, -0.2) is 9.78 Å². The van der Waals surface area contributed by atoms with E-state index >= 15 is 0 Å². The van der Waals surface area contributed by atoms with Gasteiger partial charge in [0.25, 0.3) is 0 Å². The van der Waals surface area contributed by atoms with Crippen molar-refractivity contribution in [1.82, 2.24) is 19.5 Å². The van der Waals surface area contributed by atoms with Crippen LogP contribution in [-0.2, 0) is 32.2 Å². The summed E-state index contributed by atoms with van der Waals surface area (Å²) in [7, 11) is 0. The Morgan fingerprint density at radius 3 is 2.07 bits per heavy atom. The van der Waals surface area contributed by atoms with Gasteiger partial charge in [0, 0.05) is 31.1 Å². The number of imidazole rings is 1. The van der Waals surface area contributed by atoms with Gasteiger partial charge in [0.2, 0.25) is 5.95 Å². The third-order valence-corrected chi connectivity index (χ3v) is 7.88. The molecule has 2 heterocycles. The second-order valence-corrected chi connectivity index (χ2v) is 10.6. The fraction of sp³-hybridized carbons (Fsp3) is 0.419. The normalized spacial score (nSPS) is 19.9. The van der Waals surface area contributed by atoms with Crippen LogP contribution in [0.25, 0.3) is 11.2 Å². The average Bonchev–Trinajstić information content (AvgIpc) is 3.41. The fourth-order valence-electron chi connectivity index (χ4n) is 5.77. The van der Waals surface area contributed by atoms with Gasteiger partial charge in [0.05, 0.1) is 32.8 Å². The number of benzene rings is 2. The Balaban J connectivity index is 1.48. The Morgan fingerprint density at radius 2 is 1.51 bits per heavy atom. The number of nitrogens with zero attached hydrogens (tertiary/aromatic N) is 4. The van der Waals surface area contributed by atoms with Crippen molar-refractivity contribution in [1.29, 1.82) is 0 Å². The zero-order chi connectivity index (χ0) is 30.2. The quantitative estimate of drug-likeness (QED) is 0.127. The van der Waals surface area contributed by atoms with Crippen molar-refractivity contribution in [2.24, 2.45) is 17.8 Å². The summed E-state index contributed by atoms with van der Waals surface area (Å²) in [6, 6.07) is 19.8. The molecular weight excluding hydrogens is 574 g/mol. The monoisotopic (exact) mass is 609 g/mol. The predicted molar refractivity (Wildman–Crippen MR) is 161 cm³/mol. The van der Waals surface area contributed by atoms with Gasteiger partial charge >= 0.3 is 6.09 Å². The lowest BCUT2D eigenvalue weighted by Gasteiger charge is -2.54. The first kappa shape index (κ1) is 30.8. The van der Waals surface area contributed by atoms with Crippen LogP contribution in [-0.4, -0.2) is 63.4 Å². The van der Waals surface area contributed by atoms with Crippen LogP contribution < -0.4 is 5.32 Å². The number of amides is 1. The zero-order valence-corrected chi connectivity index (χ0v) is 24.9. The number of nitrogens with one attached hydrogen (secondary N) is 1. The largest absolute Gasteiger partial charge is 0.465 e. The molecule has 1 aliphatic carbocycles. The minimum atomic E-state index is -1.29. The molecule has 1 fully saturated rings. The lowest BCUT2D eigenvalue weighted by Crippen LogP contribution is -2.57. The first-order valence-electron chi connectivity index (χ1n) is 14.4. The number of hydrogen-bond donors (Lipinski definition) is 2. The molecule has 11 nitrogen and oxygen atoms in total. The summed E-state index contributed by atoms with van der Waals surface area (Å²) < 4.78 is 26.8. The Morgan fingerprint density at radius 1 is 0.930 bits per heavy atom. The average molecular weight is 610 g/mol. The first-order valence-corrected chi connectivity index (χ1v) is 14.7. The van der Waals surface area contributed by atoms with Gasteiger partial charge in [-0.2, -0.15) is 9.97 Å². The van der Waals surface area contributed by atoms with Crippen molar-refractivity contribution >= 4 is 34.8 Å². The number of anilines is 1. The number of carboxylic acid groups (broad SMARTS) is 1. The number of fused-ring (bicyclic) bond motifs is 1. The summed E-state index contributed by atoms with van der Waals surface area (Å²) in [4.78, 5) is 24.4. The number of rotatable bonds is 15. The molecule has 4 atom stereocenters. The Labute approximate surface area is 255 Å². The van der Waals surface area contributed by atoms with Gasteiger partial charge in [-0.15, -0.1) is 0 Å². The van der Waals surface area contributed by atoms with Gasteiger partial charge in [-0.1, -0.05) is 72.3 Å². The number of halogens is 1. The summed E-state index contributed by atoms with van der Waals surface area (Å²) in [5.74, 6) is -0.301. The van der Waals surface area contributed by atoms with Gasteiger partial charge in [-0.05, 0) is 30.9 Å². The maximum atomic E-state index is 11.3. The van der Waals surface area contributed by atoms with Crippen molar-refractivity contribution in [2.75, 3.05) is 31.7 Å². The molecule has 2 N–H and O–H groups in total. The lowest BCUT2D eigenvalue weighted by molar-refractivity contribution is -0.242. The zero-order valence-electron chi connectivity index (χ0n) is 24.1. The van der Waals surface area contributed by atoms with Gasteiger partial charge in [-0.3, -0.25) is 5.32 Å². The molecule has 1 saturated carbocycles. The summed E-state index contributed by atoms with van der Waals surface area (Å²) in [6.07, 6.45) is -0.158. The van der Waals surface area contributed by atoms with Crippen LogP contribution in [0.15, 0.2) is 67.0 Å². The Hall–Kier alpha value is -3.61. The molecule has 4 aromatic rings. The first-order chi connectivity index (χ1) is 21.0. The molecule has 0 bridgehead atoms. The number of aromatic nitrogens is 4. The molecular formula is C31H36ClN5O6. The van der Waals surface area contributed by atoms with Crippen LogP contribution in [0.1, 0.15) is 31.0 Å². The van der Waals surface area contributed by atoms with Gasteiger partial charge in [0.15, 0.2) is 17.1 Å². The SMILES string of the molecule is CCOC(OCC)C1C(COCc2ccccc2)C(COCc2ccccc2)C1n1cnc2c(Cl)nc(NC(=O)O)nc21. The van der Waals surface area contributed by atoms with Crippen molar-refractivity contribution in [3.63, 3.8) is 0 Å². The van der Waals surface area contributed by atoms with Crippen LogP contribution >= 0.6 is 11.6 Å². The maximum absolute atomic E-state index is 11.3. The van der Waals surface area contributed by atoms with E-state index in [1.54, 1.807) is 6.33 Å². The van der Waals surface area contributed by atoms with E-state index in [9.17, 15) is 9.90 Å². The molecule has 0 spiro atoms. The van der Waals surface area contributed by atoms with Crippen LogP contribution in [0.5, 0.6) is 0 Å². The van der Waals surface area contributed by atoms with Crippen molar-refractivity contribution in [3.8, 4) is 0 Å². The van der Waals surface area contributed by atoms with Gasteiger partial charge < -0.3 is 28.6 Å². The molecule has 228 valence electrons. The van der Waals surface area contributed by atoms with E-state index in [1.807, 2.05) is 79.1 Å². The summed E-state index contributed by atoms with van der Waals surface area (Å²) in [6.45, 7) is 6.62. The molecule has 1 amide bonds. The smallest absolute Gasteiger partial charge is 0.411 e. The van der Waals surface area contributed by atoms with E-state index < -0.39 is 12.4 Å². The molecule has 0 aliphatic heterocycles. The molecule has 5 rings (SSSR count). The van der Waals surface area contributed by atoms with E-state index in [0.717, 1.165) is 11.1 Å². The van der Waals surface area contributed by atoms with E-state index in [0.29, 0.717) is 50.8 Å². The van der Waals surface area contributed by atoms with Crippen LogP contribution in [0, 0.1) is 17.8 Å². The highest BCUT2D eigenvalue weighted by Crippen LogP contribution is 2.53. The third kappa shape index (κ3) is 7.31. The van der Waals surface area contributed by atoms with Crippen molar-refractivity contribution < 1.29 is 28.8 Å². The van der Waals surface area contributed by atoms with Gasteiger partial charge in [0.1, 0.15) is 5.52 Å². The summed E-state index contributed by atoms with van der Waals surface area (Å²) in [5, 5.41) is 11.5. The van der Waals surface area contributed by atoms with Crippen LogP contribution in [0.3, 0.4) is 0 Å². The van der Waals surface area contributed by atoms with E-state index in [4.69, 9.17) is 30.5 Å². The minimum Gasteiger partial charge on any atom is -0.465 e. The summed E-state index contributed by atoms with van der Waals surface area (Å²) in [5.41, 5.74) is 2.93. The fourth-order valence-corrected chi connectivity index (χ4v) is 5.98. The lowest BCUT2D eigenvalue weighted by atomic mass is 9.60. The predicted octanol–water partition coefficient (Wildman–Crippen LogP) is 5.81. The van der Waals surface area contributed by atoms with Crippen LogP contribution in [0.2, 0.25) is 5.15 Å². The van der Waals surface area contributed by atoms with Crippen molar-refractivity contribution in [2.45, 2.75) is 39.4 Å². The molecule has 43 heavy (non-hydrogen) atoms. The highest BCUT2D eigenvalue weighted by Gasteiger charge is 2.56. The second kappa shape index (κ2) is 14.7. The van der Waals surface area contributed by atoms with E-state index in [2.05, 4.69) is 20.3 Å². The summed E-state index contributed by atoms with van der Waals surface area (Å²) >= 11 is 6.41. The van der Waals surface area contributed by atoms with E-state index in [1.165, 1.54) is 0 Å². The molecule has 4 unspecified atom stereocenters. The maximum Gasteiger partial charge on any atom is 0.411 e. The minimum absolute atomic E-state index is 0.0129. The molecule has 2 aromatic heterocycles. The highest BCUT2D eigenvalue weighted by atomic mass is 35.5. The molecule has 1 aliphatic rings. The van der Waals surface area contributed by atoms with Crippen molar-refractivity contribution in [3.05, 3.63) is 83.3 Å². The third-order valence-electron chi connectivity index (χ3n) is 7.62. The highest BCUT2D eigenvalue weighted by molar-refractivity contribution is 6.33. The Bertz CT molecular complexity index is 1470. The molecule has 2 aromatic carbocycles. The standard InChI is InChI=1S/C31H36ClN5O6/c1-3-42-29(43-4-2)24-22(17-40-15-20-11-7-5-8-12-20)23(18-41-16-21-13-9-6-10-14-21)26(24)37-19-33-25-27(32)34-30(35-28(25)37)36-31(38)39/h5-14,19,22-24,26,29H,3-4,15-18H2,1-2H3,(H,38,39)(H,34,35,36). The second-order valence-electron chi connectivity index (χ2n) is 10.3. The number of hydrogen-bond acceptors (Lipinski definition) is 8. The Kier molecular flexibility index (Phi) is 10.6. The molecule has 0 saturated heterocycles. The number of carbonyl (C=O) groups is 1. The topological polar surface area (TPSA) is 130 Å². The number of ether oxygens (including phenoxy) is 4. The van der Waals surface area contributed by atoms with E-state index in [-0.39, 0.29) is 34.9 Å². The molecule has 12 heteroatoms.